The number of alkyl halides is 2. The number of halogens is 2. The van der Waals surface area contributed by atoms with Gasteiger partial charge in [-0.05, 0) is 76.9 Å². The number of benzene rings is 7. The summed E-state index contributed by atoms with van der Waals surface area (Å²) in [4.78, 5) is 11.0. The molecule has 10 aromatic rings. The number of para-hydroxylation sites is 4. The predicted octanol–water partition coefficient (Wildman–Crippen LogP) is 15.0. The summed E-state index contributed by atoms with van der Waals surface area (Å²) in [5, 5.41) is 4.59. The summed E-state index contributed by atoms with van der Waals surface area (Å²) in [7, 11) is 0. The van der Waals surface area contributed by atoms with Crippen LogP contribution in [-0.4, -0.2) is 31.4 Å². The predicted molar refractivity (Wildman–Crippen MR) is 260 cm³/mol. The van der Waals surface area contributed by atoms with Gasteiger partial charge in [-0.2, -0.15) is 0 Å². The topological polar surface area (TPSA) is 35.6 Å². The quantitative estimate of drug-likeness (QED) is 0.160. The molecule has 2 atom stereocenters. The maximum atomic E-state index is 14.8. The van der Waals surface area contributed by atoms with Gasteiger partial charge in [0, 0.05) is 51.1 Å². The number of fused-ring (bicyclic) bond motifs is 6. The molecule has 306 valence electrons. The zero-order valence-electron chi connectivity index (χ0n) is 34.7. The molecular formula is C58H40F2N4. The molecule has 0 N–H and O–H groups in total. The lowest BCUT2D eigenvalue weighted by Gasteiger charge is -2.22. The summed E-state index contributed by atoms with van der Waals surface area (Å²) in [5.74, 6) is 0.563. The van der Waals surface area contributed by atoms with Gasteiger partial charge in [0.25, 0.3) is 0 Å². The van der Waals surface area contributed by atoms with Crippen LogP contribution in [0.25, 0.3) is 100 Å². The molecule has 0 fully saturated rings. The highest BCUT2D eigenvalue weighted by Gasteiger charge is 2.26. The van der Waals surface area contributed by atoms with E-state index >= 15 is 0 Å². The van der Waals surface area contributed by atoms with Crippen LogP contribution in [0.4, 0.5) is 8.78 Å². The minimum absolute atomic E-state index is 0.285. The van der Waals surface area contributed by atoms with E-state index in [9.17, 15) is 8.78 Å². The highest BCUT2D eigenvalue weighted by atomic mass is 19.1. The molecule has 0 saturated heterocycles. The molecule has 12 rings (SSSR count). The van der Waals surface area contributed by atoms with Gasteiger partial charge in [0.15, 0.2) is 5.82 Å². The third-order valence-electron chi connectivity index (χ3n) is 12.7. The fraction of sp³-hybridized carbons (Fsp3) is 0.0690. The Kier molecular flexibility index (Phi) is 9.11. The molecule has 0 radical (unpaired) electrons. The lowest BCUT2D eigenvalue weighted by molar-refractivity contribution is 0.402. The van der Waals surface area contributed by atoms with Crippen LogP contribution in [-0.2, 0) is 0 Å². The Morgan fingerprint density at radius 3 is 1.20 bits per heavy atom. The standard InChI is InChI=1S/C58H40F2N4/c59-40-32-28-37(29-33-40)42-20-12-26-54(63-50-22-8-4-16-44(50)45-17-5-9-23-51(45)63)56(42)48-36-49(62-58(61-48)39-14-2-1-3-15-39)57-43(38-30-34-41(60)35-31-38)21-13-27-55(57)64-52-24-10-6-18-46(52)47-19-7-11-25-53(47)64/h1-32,34,36,40-41H,33,35H2. The zero-order chi connectivity index (χ0) is 42.7. The molecule has 3 heterocycles. The Morgan fingerprint density at radius 1 is 0.422 bits per heavy atom. The summed E-state index contributed by atoms with van der Waals surface area (Å²) in [6, 6.07) is 59.0. The Hall–Kier alpha value is -7.96. The van der Waals surface area contributed by atoms with Crippen LogP contribution in [0.15, 0.2) is 206 Å². The van der Waals surface area contributed by atoms with Crippen LogP contribution in [0.5, 0.6) is 0 Å². The van der Waals surface area contributed by atoms with E-state index in [1.165, 1.54) is 0 Å². The van der Waals surface area contributed by atoms with Crippen molar-refractivity contribution in [1.82, 2.24) is 19.1 Å². The van der Waals surface area contributed by atoms with Crippen molar-refractivity contribution in [2.45, 2.75) is 25.2 Å². The van der Waals surface area contributed by atoms with Gasteiger partial charge < -0.3 is 9.13 Å². The van der Waals surface area contributed by atoms with Crippen molar-refractivity contribution >= 4 is 54.8 Å². The molecule has 2 unspecified atom stereocenters. The molecule has 2 aliphatic carbocycles. The number of allylic oxidation sites excluding steroid dienone is 8. The fourth-order valence-corrected chi connectivity index (χ4v) is 9.84. The molecule has 2 aliphatic rings. The van der Waals surface area contributed by atoms with E-state index in [4.69, 9.17) is 9.97 Å². The minimum atomic E-state index is -1.05. The van der Waals surface area contributed by atoms with E-state index in [2.05, 4.69) is 149 Å². The summed E-state index contributed by atoms with van der Waals surface area (Å²) in [5.41, 5.74) is 14.0. The maximum absolute atomic E-state index is 14.8. The van der Waals surface area contributed by atoms with E-state index in [0.29, 0.717) is 17.2 Å². The van der Waals surface area contributed by atoms with Gasteiger partial charge in [0.05, 0.1) is 44.8 Å². The molecule has 0 saturated carbocycles. The minimum Gasteiger partial charge on any atom is -0.309 e. The lowest BCUT2D eigenvalue weighted by Crippen LogP contribution is -2.07. The summed E-state index contributed by atoms with van der Waals surface area (Å²) in [6.07, 6.45) is 9.56. The van der Waals surface area contributed by atoms with Crippen molar-refractivity contribution in [3.63, 3.8) is 0 Å². The molecule has 7 aromatic carbocycles. The SMILES string of the molecule is FC1C=CC(c2cccc(-n3c4ccccc4c4ccccc43)c2-c2cc(-c3c(C4=CCC(F)C=C4)cccc3-n3c4ccccc4c4ccccc43)nc(-c3ccccc3)n2)=CC1. The van der Waals surface area contributed by atoms with Crippen LogP contribution < -0.4 is 0 Å². The Bertz CT molecular complexity index is 3280. The molecule has 0 amide bonds. The molecule has 0 aliphatic heterocycles. The average Bonchev–Trinajstić information content (AvgIpc) is 3.87. The van der Waals surface area contributed by atoms with E-state index in [1.807, 2.05) is 54.6 Å². The van der Waals surface area contributed by atoms with Gasteiger partial charge in [0.1, 0.15) is 12.3 Å². The van der Waals surface area contributed by atoms with Crippen LogP contribution in [0.3, 0.4) is 0 Å². The average molecular weight is 831 g/mol. The fourth-order valence-electron chi connectivity index (χ4n) is 9.84. The third kappa shape index (κ3) is 6.24. The molecule has 6 heteroatoms. The number of nitrogens with zero attached hydrogens (tertiary/aromatic N) is 4. The van der Waals surface area contributed by atoms with E-state index in [1.54, 1.807) is 12.2 Å². The molecular weight excluding hydrogens is 791 g/mol. The normalized spacial score (nSPS) is 16.2. The lowest BCUT2D eigenvalue weighted by atomic mass is 9.89. The Morgan fingerprint density at radius 2 is 0.812 bits per heavy atom. The van der Waals surface area contributed by atoms with Crippen LogP contribution in [0.1, 0.15) is 24.0 Å². The third-order valence-corrected chi connectivity index (χ3v) is 12.7. The summed E-state index contributed by atoms with van der Waals surface area (Å²) < 4.78 is 34.3. The van der Waals surface area contributed by atoms with Crippen molar-refractivity contribution in [1.29, 1.82) is 0 Å². The van der Waals surface area contributed by atoms with Gasteiger partial charge in [-0.15, -0.1) is 0 Å². The number of rotatable bonds is 7. The van der Waals surface area contributed by atoms with Gasteiger partial charge in [0.2, 0.25) is 0 Å². The Balaban J connectivity index is 1.21. The first kappa shape index (κ1) is 37.8. The Labute approximate surface area is 369 Å². The maximum Gasteiger partial charge on any atom is 0.160 e. The number of hydrogen-bond donors (Lipinski definition) is 0. The van der Waals surface area contributed by atoms with Gasteiger partial charge in [-0.3, -0.25) is 0 Å². The molecule has 3 aromatic heterocycles. The number of hydrogen-bond acceptors (Lipinski definition) is 2. The highest BCUT2D eigenvalue weighted by molar-refractivity contribution is 6.11. The van der Waals surface area contributed by atoms with E-state index < -0.39 is 12.3 Å². The van der Waals surface area contributed by atoms with Crippen molar-refractivity contribution in [2.24, 2.45) is 0 Å². The first-order chi connectivity index (χ1) is 31.6. The largest absolute Gasteiger partial charge is 0.309 e. The second-order valence-corrected chi connectivity index (χ2v) is 16.5. The smallest absolute Gasteiger partial charge is 0.160 e. The van der Waals surface area contributed by atoms with Crippen molar-refractivity contribution in [2.75, 3.05) is 0 Å². The second kappa shape index (κ2) is 15.4. The van der Waals surface area contributed by atoms with Gasteiger partial charge in [-0.1, -0.05) is 152 Å². The van der Waals surface area contributed by atoms with E-state index in [-0.39, 0.29) is 12.8 Å². The first-order valence-corrected chi connectivity index (χ1v) is 21.8. The summed E-state index contributed by atoms with van der Waals surface area (Å²) >= 11 is 0. The van der Waals surface area contributed by atoms with Crippen molar-refractivity contribution in [3.8, 4) is 45.3 Å². The van der Waals surface area contributed by atoms with Gasteiger partial charge >= 0.3 is 0 Å². The second-order valence-electron chi connectivity index (χ2n) is 16.5. The van der Waals surface area contributed by atoms with Crippen molar-refractivity contribution < 1.29 is 8.78 Å². The number of aromatic nitrogens is 4. The molecule has 64 heavy (non-hydrogen) atoms. The van der Waals surface area contributed by atoms with Crippen LogP contribution in [0, 0.1) is 0 Å². The molecule has 0 spiro atoms. The molecule has 0 bridgehead atoms. The van der Waals surface area contributed by atoms with Crippen LogP contribution in [0.2, 0.25) is 0 Å². The molecule has 4 nitrogen and oxygen atoms in total. The van der Waals surface area contributed by atoms with E-state index in [0.717, 1.165) is 93.9 Å². The van der Waals surface area contributed by atoms with Crippen LogP contribution >= 0.6 is 0 Å². The van der Waals surface area contributed by atoms with Gasteiger partial charge in [-0.25, -0.2) is 18.7 Å². The summed E-state index contributed by atoms with van der Waals surface area (Å²) in [6.45, 7) is 0. The van der Waals surface area contributed by atoms with Crippen molar-refractivity contribution in [3.05, 3.63) is 217 Å². The zero-order valence-corrected chi connectivity index (χ0v) is 34.7. The monoisotopic (exact) mass is 830 g/mol. The highest BCUT2D eigenvalue weighted by Crippen LogP contribution is 2.45. The first-order valence-electron chi connectivity index (χ1n) is 21.8.